The molecule has 0 saturated heterocycles. The number of carbonyl (C=O) groups is 1. The lowest BCUT2D eigenvalue weighted by molar-refractivity contribution is 0.0941. The molecule has 9 heteroatoms. The van der Waals surface area contributed by atoms with Crippen molar-refractivity contribution in [3.05, 3.63) is 54.1 Å². The Morgan fingerprint density at radius 2 is 1.73 bits per heavy atom. The maximum atomic E-state index is 12.9. The van der Waals surface area contributed by atoms with Gasteiger partial charge in [0.05, 0.1) is 0 Å². The fourth-order valence-electron chi connectivity index (χ4n) is 1.52. The van der Waals surface area contributed by atoms with Gasteiger partial charge in [0, 0.05) is 18.0 Å². The van der Waals surface area contributed by atoms with E-state index in [-0.39, 0.29) is 11.5 Å². The number of halogens is 4. The van der Waals surface area contributed by atoms with Crippen LogP contribution in [0.1, 0.15) is 10.4 Å². The summed E-state index contributed by atoms with van der Waals surface area (Å²) in [5.41, 5.74) is 0.219. The molecule has 0 aliphatic rings. The Balaban J connectivity index is 2.13. The van der Waals surface area contributed by atoms with E-state index in [4.69, 9.17) is 34.8 Å². The average molecular weight is 364 g/mol. The van der Waals surface area contributed by atoms with Crippen LogP contribution in [0.3, 0.4) is 0 Å². The summed E-state index contributed by atoms with van der Waals surface area (Å²) in [6.07, 6.45) is 1.90. The number of anilines is 1. The minimum absolute atomic E-state index is 0.179. The molecule has 2 aromatic rings. The molecular formula is C13H10Cl3FN4O. The van der Waals surface area contributed by atoms with Gasteiger partial charge in [-0.2, -0.15) is 0 Å². The molecule has 0 saturated carbocycles. The van der Waals surface area contributed by atoms with Crippen molar-refractivity contribution in [3.8, 4) is 0 Å². The van der Waals surface area contributed by atoms with Crippen molar-refractivity contribution < 1.29 is 9.18 Å². The number of alkyl halides is 3. The van der Waals surface area contributed by atoms with Crippen LogP contribution < -0.4 is 10.6 Å². The number of hydrogen-bond acceptors (Lipinski definition) is 4. The van der Waals surface area contributed by atoms with Crippen molar-refractivity contribution >= 4 is 46.7 Å². The Labute approximate surface area is 140 Å². The quantitative estimate of drug-likeness (QED) is 0.647. The Bertz CT molecular complexity index is 634. The summed E-state index contributed by atoms with van der Waals surface area (Å²) >= 11 is 17.5. The highest BCUT2D eigenvalue weighted by molar-refractivity contribution is 6.68. The van der Waals surface area contributed by atoms with Crippen LogP contribution in [0.4, 0.5) is 10.3 Å². The summed E-state index contributed by atoms with van der Waals surface area (Å²) in [6.45, 7) is 0. The van der Waals surface area contributed by atoms with Crippen molar-refractivity contribution in [2.24, 2.45) is 0 Å². The van der Waals surface area contributed by atoms with Gasteiger partial charge in [0.25, 0.3) is 5.91 Å². The van der Waals surface area contributed by atoms with E-state index in [1.54, 1.807) is 6.07 Å². The molecule has 0 radical (unpaired) electrons. The van der Waals surface area contributed by atoms with E-state index in [0.717, 1.165) is 12.1 Å². The van der Waals surface area contributed by atoms with Gasteiger partial charge in [-0.15, -0.1) is 0 Å². The molecule has 1 heterocycles. The molecule has 0 unspecified atom stereocenters. The van der Waals surface area contributed by atoms with E-state index < -0.39 is 21.7 Å². The zero-order chi connectivity index (χ0) is 16.2. The van der Waals surface area contributed by atoms with Crippen molar-refractivity contribution in [1.29, 1.82) is 0 Å². The van der Waals surface area contributed by atoms with Gasteiger partial charge in [-0.1, -0.05) is 34.8 Å². The first-order valence-electron chi connectivity index (χ1n) is 6.03. The molecular weight excluding hydrogens is 354 g/mol. The predicted molar refractivity (Wildman–Crippen MR) is 83.6 cm³/mol. The lowest BCUT2D eigenvalue weighted by atomic mass is 10.2. The zero-order valence-electron chi connectivity index (χ0n) is 10.9. The molecule has 2 N–H and O–H groups in total. The first-order valence-corrected chi connectivity index (χ1v) is 7.16. The Morgan fingerprint density at radius 1 is 1.14 bits per heavy atom. The van der Waals surface area contributed by atoms with Crippen molar-refractivity contribution in [2.75, 3.05) is 5.32 Å². The second kappa shape index (κ2) is 7.09. The van der Waals surface area contributed by atoms with E-state index in [1.165, 1.54) is 24.5 Å². The van der Waals surface area contributed by atoms with Crippen LogP contribution in [0.5, 0.6) is 0 Å². The third-order valence-corrected chi connectivity index (χ3v) is 3.20. The smallest absolute Gasteiger partial charge is 0.252 e. The standard InChI is InChI=1S/C13H10Cl3FN4O/c14-13(15,16)11(21-12-18-6-1-7-19-12)20-10(22)8-2-4-9(17)5-3-8/h1-7,11H,(H,20,22)(H,18,19,21)/t11-/m0/s1. The molecule has 0 spiro atoms. The summed E-state index contributed by atoms with van der Waals surface area (Å²) in [7, 11) is 0. The minimum atomic E-state index is -1.85. The third kappa shape index (κ3) is 4.69. The predicted octanol–water partition coefficient (Wildman–Crippen LogP) is 3.15. The molecule has 22 heavy (non-hydrogen) atoms. The highest BCUT2D eigenvalue weighted by Gasteiger charge is 2.34. The highest BCUT2D eigenvalue weighted by atomic mass is 35.6. The van der Waals surface area contributed by atoms with Crippen LogP contribution in [-0.2, 0) is 0 Å². The van der Waals surface area contributed by atoms with Crippen LogP contribution >= 0.6 is 34.8 Å². The van der Waals surface area contributed by atoms with Crippen molar-refractivity contribution in [2.45, 2.75) is 9.96 Å². The number of nitrogens with one attached hydrogen (secondary N) is 2. The minimum Gasteiger partial charge on any atom is -0.330 e. The molecule has 1 aromatic heterocycles. The topological polar surface area (TPSA) is 66.9 Å². The van der Waals surface area contributed by atoms with E-state index in [1.807, 2.05) is 0 Å². The van der Waals surface area contributed by atoms with E-state index in [9.17, 15) is 9.18 Å². The van der Waals surface area contributed by atoms with E-state index in [0.29, 0.717) is 0 Å². The van der Waals surface area contributed by atoms with Gasteiger partial charge in [-0.25, -0.2) is 14.4 Å². The van der Waals surface area contributed by atoms with Gasteiger partial charge in [0.1, 0.15) is 12.0 Å². The number of nitrogens with zero attached hydrogens (tertiary/aromatic N) is 2. The number of amides is 1. The second-order valence-electron chi connectivity index (χ2n) is 4.17. The van der Waals surface area contributed by atoms with Gasteiger partial charge in [0.2, 0.25) is 9.74 Å². The second-order valence-corrected chi connectivity index (χ2v) is 6.54. The fourth-order valence-corrected chi connectivity index (χ4v) is 1.85. The van der Waals surface area contributed by atoms with Gasteiger partial charge in [-0.3, -0.25) is 4.79 Å². The van der Waals surface area contributed by atoms with Crippen LogP contribution in [-0.4, -0.2) is 25.8 Å². The van der Waals surface area contributed by atoms with E-state index >= 15 is 0 Å². The number of aromatic nitrogens is 2. The summed E-state index contributed by atoms with van der Waals surface area (Å²) in [4.78, 5) is 20.0. The SMILES string of the molecule is O=C(N[C@@H](Nc1ncccn1)C(Cl)(Cl)Cl)c1ccc(F)cc1. The summed E-state index contributed by atoms with van der Waals surface area (Å²) < 4.78 is 11.0. The number of rotatable bonds is 4. The molecule has 0 aliphatic heterocycles. The van der Waals surface area contributed by atoms with Crippen molar-refractivity contribution in [3.63, 3.8) is 0 Å². The third-order valence-electron chi connectivity index (χ3n) is 2.55. The Hall–Kier alpha value is -1.63. The lowest BCUT2D eigenvalue weighted by Crippen LogP contribution is -2.49. The molecule has 0 aliphatic carbocycles. The number of hydrogen-bond donors (Lipinski definition) is 2. The largest absolute Gasteiger partial charge is 0.330 e. The molecule has 2 rings (SSSR count). The summed E-state index contributed by atoms with van der Waals surface area (Å²) in [5, 5.41) is 5.20. The lowest BCUT2D eigenvalue weighted by Gasteiger charge is -2.26. The van der Waals surface area contributed by atoms with Gasteiger partial charge < -0.3 is 10.6 Å². The van der Waals surface area contributed by atoms with Crippen molar-refractivity contribution in [1.82, 2.24) is 15.3 Å². The Morgan fingerprint density at radius 3 is 2.27 bits per heavy atom. The number of carbonyl (C=O) groups excluding carboxylic acids is 1. The zero-order valence-corrected chi connectivity index (χ0v) is 13.2. The fraction of sp³-hybridized carbons (Fsp3) is 0.154. The normalized spacial score (nSPS) is 12.5. The molecule has 5 nitrogen and oxygen atoms in total. The maximum absolute atomic E-state index is 12.9. The van der Waals surface area contributed by atoms with Crippen LogP contribution in [0.2, 0.25) is 0 Å². The first-order chi connectivity index (χ1) is 10.4. The monoisotopic (exact) mass is 362 g/mol. The van der Waals surface area contributed by atoms with Gasteiger partial charge in [0.15, 0.2) is 0 Å². The molecule has 116 valence electrons. The molecule has 0 fully saturated rings. The number of benzene rings is 1. The van der Waals surface area contributed by atoms with Gasteiger partial charge >= 0.3 is 0 Å². The summed E-state index contributed by atoms with van der Waals surface area (Å²) in [5.74, 6) is -0.816. The van der Waals surface area contributed by atoms with Crippen LogP contribution in [0.15, 0.2) is 42.7 Å². The van der Waals surface area contributed by atoms with E-state index in [2.05, 4.69) is 20.6 Å². The van der Waals surface area contributed by atoms with Gasteiger partial charge in [-0.05, 0) is 30.3 Å². The first kappa shape index (κ1) is 16.7. The average Bonchev–Trinajstić information content (AvgIpc) is 2.47. The van der Waals surface area contributed by atoms with Crippen LogP contribution in [0, 0.1) is 5.82 Å². The Kier molecular flexibility index (Phi) is 5.39. The van der Waals surface area contributed by atoms with Crippen LogP contribution in [0.25, 0.3) is 0 Å². The maximum Gasteiger partial charge on any atom is 0.252 e. The summed E-state index contributed by atoms with van der Waals surface area (Å²) in [6, 6.07) is 6.57. The molecule has 1 amide bonds. The highest BCUT2D eigenvalue weighted by Crippen LogP contribution is 2.30. The molecule has 1 aromatic carbocycles. The molecule has 1 atom stereocenters. The molecule has 0 bridgehead atoms.